The number of aryl methyl sites for hydroxylation is 1. The summed E-state index contributed by atoms with van der Waals surface area (Å²) in [5, 5.41) is 0.809. The first-order chi connectivity index (χ1) is 9.51. The summed E-state index contributed by atoms with van der Waals surface area (Å²) in [5.74, 6) is -0.171. The first-order valence-corrected chi connectivity index (χ1v) is 6.86. The van der Waals surface area contributed by atoms with Crippen molar-refractivity contribution >= 4 is 10.9 Å². The van der Waals surface area contributed by atoms with Crippen LogP contribution in [0.3, 0.4) is 0 Å². The van der Waals surface area contributed by atoms with Crippen LogP contribution in [0.5, 0.6) is 5.75 Å². The summed E-state index contributed by atoms with van der Waals surface area (Å²) >= 11 is 0. The topological polar surface area (TPSA) is 25.0 Å². The maximum atomic E-state index is 12.3. The lowest BCUT2D eigenvalue weighted by Crippen LogP contribution is -2.17. The van der Waals surface area contributed by atoms with Crippen LogP contribution in [-0.2, 0) is 6.42 Å². The molecule has 0 aliphatic rings. The number of halogens is 3. The third-order valence-corrected chi connectivity index (χ3v) is 3.29. The van der Waals surface area contributed by atoms with Crippen LogP contribution in [0.25, 0.3) is 10.9 Å². The van der Waals surface area contributed by atoms with E-state index in [2.05, 4.69) is 16.6 Å². The Hall–Kier alpha value is -1.65. The van der Waals surface area contributed by atoms with Crippen LogP contribution in [0.15, 0.2) is 24.4 Å². The number of nitrogens with one attached hydrogen (secondary N) is 1. The lowest BCUT2D eigenvalue weighted by molar-refractivity contribution is -0.274. The third-order valence-electron chi connectivity index (χ3n) is 3.29. The predicted molar refractivity (Wildman–Crippen MR) is 72.8 cm³/mol. The highest BCUT2D eigenvalue weighted by Crippen LogP contribution is 2.31. The fraction of sp³-hybridized carbons (Fsp3) is 0.467. The molecule has 20 heavy (non-hydrogen) atoms. The second kappa shape index (κ2) is 6.20. The molecule has 0 saturated carbocycles. The Kier molecular flexibility index (Phi) is 4.57. The second-order valence-corrected chi connectivity index (χ2v) is 4.85. The Bertz CT molecular complexity index is 560. The Morgan fingerprint density at radius 3 is 2.65 bits per heavy atom. The minimum atomic E-state index is -4.67. The minimum Gasteiger partial charge on any atom is -0.404 e. The standard InChI is InChI=1S/C15H18F3NO/c1-2-3-4-5-7-11-10-19-14-12(11)8-6-9-13(14)20-15(16,17)18/h6,8-10,19H,2-5,7H2,1H3. The highest BCUT2D eigenvalue weighted by molar-refractivity contribution is 5.88. The Labute approximate surface area is 115 Å². The van der Waals surface area contributed by atoms with E-state index in [0.717, 1.165) is 36.6 Å². The number of alkyl halides is 3. The van der Waals surface area contributed by atoms with Gasteiger partial charge in [-0.05, 0) is 24.5 Å². The van der Waals surface area contributed by atoms with Gasteiger partial charge in [0.1, 0.15) is 0 Å². The summed E-state index contributed by atoms with van der Waals surface area (Å²) in [4.78, 5) is 2.90. The van der Waals surface area contributed by atoms with Gasteiger partial charge in [0.2, 0.25) is 0 Å². The van der Waals surface area contributed by atoms with Crippen molar-refractivity contribution in [2.45, 2.75) is 45.4 Å². The summed E-state index contributed by atoms with van der Waals surface area (Å²) in [6.07, 6.45) is 2.52. The van der Waals surface area contributed by atoms with Gasteiger partial charge in [0, 0.05) is 11.6 Å². The van der Waals surface area contributed by atoms with Crippen LogP contribution in [-0.4, -0.2) is 11.3 Å². The maximum absolute atomic E-state index is 12.3. The van der Waals surface area contributed by atoms with E-state index in [-0.39, 0.29) is 5.75 Å². The fourth-order valence-corrected chi connectivity index (χ4v) is 2.34. The Morgan fingerprint density at radius 2 is 1.95 bits per heavy atom. The van der Waals surface area contributed by atoms with E-state index in [4.69, 9.17) is 0 Å². The van der Waals surface area contributed by atoms with E-state index >= 15 is 0 Å². The van der Waals surface area contributed by atoms with Crippen molar-refractivity contribution < 1.29 is 17.9 Å². The van der Waals surface area contributed by atoms with Gasteiger partial charge in [-0.15, -0.1) is 13.2 Å². The summed E-state index contributed by atoms with van der Waals surface area (Å²) in [5.41, 5.74) is 1.46. The van der Waals surface area contributed by atoms with Crippen molar-refractivity contribution in [3.8, 4) is 5.75 Å². The van der Waals surface area contributed by atoms with Gasteiger partial charge >= 0.3 is 6.36 Å². The highest BCUT2D eigenvalue weighted by atomic mass is 19.4. The number of aromatic amines is 1. The van der Waals surface area contributed by atoms with Crippen molar-refractivity contribution in [2.24, 2.45) is 0 Å². The molecule has 1 aromatic heterocycles. The molecular weight excluding hydrogens is 267 g/mol. The Morgan fingerprint density at radius 1 is 1.15 bits per heavy atom. The molecule has 2 aromatic rings. The molecule has 0 aliphatic heterocycles. The SMILES string of the molecule is CCCCCCc1c[nH]c2c(OC(F)(F)F)cccc12. The van der Waals surface area contributed by atoms with Crippen LogP contribution in [0.2, 0.25) is 0 Å². The molecule has 0 bridgehead atoms. The zero-order valence-corrected chi connectivity index (χ0v) is 11.4. The monoisotopic (exact) mass is 285 g/mol. The van der Waals surface area contributed by atoms with Crippen molar-refractivity contribution in [1.29, 1.82) is 0 Å². The van der Waals surface area contributed by atoms with E-state index in [1.807, 2.05) is 6.07 Å². The molecule has 0 atom stereocenters. The molecule has 0 fully saturated rings. The van der Waals surface area contributed by atoms with Crippen LogP contribution in [0.1, 0.15) is 38.2 Å². The van der Waals surface area contributed by atoms with E-state index in [1.165, 1.54) is 12.5 Å². The number of rotatable bonds is 6. The summed E-state index contributed by atoms with van der Waals surface area (Å²) in [7, 11) is 0. The van der Waals surface area contributed by atoms with Crippen LogP contribution in [0, 0.1) is 0 Å². The fourth-order valence-electron chi connectivity index (χ4n) is 2.34. The molecule has 5 heteroatoms. The van der Waals surface area contributed by atoms with E-state index in [1.54, 1.807) is 12.3 Å². The van der Waals surface area contributed by atoms with E-state index in [9.17, 15) is 13.2 Å². The van der Waals surface area contributed by atoms with Crippen molar-refractivity contribution in [3.05, 3.63) is 30.0 Å². The van der Waals surface area contributed by atoms with Gasteiger partial charge < -0.3 is 9.72 Å². The molecule has 1 aromatic carbocycles. The van der Waals surface area contributed by atoms with Gasteiger partial charge in [-0.25, -0.2) is 0 Å². The highest BCUT2D eigenvalue weighted by Gasteiger charge is 2.32. The number of benzene rings is 1. The van der Waals surface area contributed by atoms with Crippen LogP contribution >= 0.6 is 0 Å². The van der Waals surface area contributed by atoms with Crippen molar-refractivity contribution in [1.82, 2.24) is 4.98 Å². The van der Waals surface area contributed by atoms with Gasteiger partial charge in [-0.2, -0.15) is 0 Å². The maximum Gasteiger partial charge on any atom is 0.573 e. The largest absolute Gasteiger partial charge is 0.573 e. The minimum absolute atomic E-state index is 0.171. The quantitative estimate of drug-likeness (QED) is 0.726. The zero-order chi connectivity index (χ0) is 14.6. The first-order valence-electron chi connectivity index (χ1n) is 6.86. The summed E-state index contributed by atoms with van der Waals surface area (Å²) in [6.45, 7) is 2.15. The van der Waals surface area contributed by atoms with Crippen molar-refractivity contribution in [3.63, 3.8) is 0 Å². The van der Waals surface area contributed by atoms with Gasteiger partial charge in [-0.1, -0.05) is 38.3 Å². The molecule has 0 radical (unpaired) electrons. The number of hydrogen-bond acceptors (Lipinski definition) is 1. The van der Waals surface area contributed by atoms with Gasteiger partial charge in [-0.3, -0.25) is 0 Å². The zero-order valence-electron chi connectivity index (χ0n) is 11.4. The van der Waals surface area contributed by atoms with E-state index < -0.39 is 6.36 Å². The van der Waals surface area contributed by atoms with Gasteiger partial charge in [0.15, 0.2) is 5.75 Å². The summed E-state index contributed by atoms with van der Waals surface area (Å²) in [6, 6.07) is 4.74. The average Bonchev–Trinajstić information content (AvgIpc) is 2.77. The number of hydrogen-bond donors (Lipinski definition) is 1. The second-order valence-electron chi connectivity index (χ2n) is 4.85. The molecule has 0 unspecified atom stereocenters. The summed E-state index contributed by atoms with van der Waals surface area (Å²) < 4.78 is 41.0. The molecule has 1 N–H and O–H groups in total. The number of ether oxygens (including phenoxy) is 1. The van der Waals surface area contributed by atoms with Gasteiger partial charge in [0.25, 0.3) is 0 Å². The number of para-hydroxylation sites is 1. The number of aromatic nitrogens is 1. The lowest BCUT2D eigenvalue weighted by atomic mass is 10.1. The molecule has 0 spiro atoms. The first kappa shape index (κ1) is 14.8. The molecule has 2 nitrogen and oxygen atoms in total. The molecule has 110 valence electrons. The number of H-pyrrole nitrogens is 1. The molecule has 2 rings (SSSR count). The number of fused-ring (bicyclic) bond motifs is 1. The van der Waals surface area contributed by atoms with Gasteiger partial charge in [0.05, 0.1) is 5.52 Å². The average molecular weight is 285 g/mol. The van der Waals surface area contributed by atoms with Crippen LogP contribution < -0.4 is 4.74 Å². The molecule has 0 aliphatic carbocycles. The normalized spacial score (nSPS) is 12.0. The van der Waals surface area contributed by atoms with E-state index in [0.29, 0.717) is 5.52 Å². The molecule has 0 saturated heterocycles. The molecule has 0 amide bonds. The third kappa shape index (κ3) is 3.68. The Balaban J connectivity index is 2.17. The molecular formula is C15H18F3NO. The smallest absolute Gasteiger partial charge is 0.404 e. The van der Waals surface area contributed by atoms with Crippen molar-refractivity contribution in [2.75, 3.05) is 0 Å². The lowest BCUT2D eigenvalue weighted by Gasteiger charge is -2.09. The molecule has 1 heterocycles. The predicted octanol–water partition coefficient (Wildman–Crippen LogP) is 5.19. The number of unbranched alkanes of at least 4 members (excludes halogenated alkanes) is 3. The van der Waals surface area contributed by atoms with Crippen LogP contribution in [0.4, 0.5) is 13.2 Å².